The van der Waals surface area contributed by atoms with Crippen LogP contribution in [0.25, 0.3) is 0 Å². The summed E-state index contributed by atoms with van der Waals surface area (Å²) in [5.41, 5.74) is 1.77. The topological polar surface area (TPSA) is 57.7 Å². The molecule has 0 spiro atoms. The molecule has 1 saturated heterocycles. The first-order chi connectivity index (χ1) is 12.5. The van der Waals surface area contributed by atoms with E-state index in [1.165, 1.54) is 0 Å². The zero-order chi connectivity index (χ0) is 18.5. The molecule has 1 fully saturated rings. The Hall–Kier alpha value is -2.60. The molecule has 138 valence electrons. The van der Waals surface area contributed by atoms with Crippen LogP contribution in [-0.4, -0.2) is 55.1 Å². The molecule has 0 aliphatic carbocycles. The molecule has 2 heterocycles. The molecule has 1 amide bonds. The predicted molar refractivity (Wildman–Crippen MR) is 104 cm³/mol. The number of aromatic nitrogens is 1. The van der Waals surface area contributed by atoms with E-state index in [9.17, 15) is 4.79 Å². The summed E-state index contributed by atoms with van der Waals surface area (Å²) in [6.07, 6.45) is 1.11. The maximum Gasteiger partial charge on any atom is 0.265 e. The molecule has 1 atom stereocenters. The van der Waals surface area contributed by atoms with Crippen LogP contribution < -0.4 is 15.0 Å². The number of carbonyl (C=O) groups excluding carboxylic acids is 1. The van der Waals surface area contributed by atoms with E-state index in [4.69, 9.17) is 4.74 Å². The quantitative estimate of drug-likeness (QED) is 0.894. The number of piperazine rings is 1. The van der Waals surface area contributed by atoms with Gasteiger partial charge in [-0.25, -0.2) is 4.98 Å². The van der Waals surface area contributed by atoms with Gasteiger partial charge < -0.3 is 19.9 Å². The van der Waals surface area contributed by atoms with Crippen molar-refractivity contribution >= 4 is 17.4 Å². The number of amides is 1. The van der Waals surface area contributed by atoms with Crippen LogP contribution in [0.2, 0.25) is 0 Å². The Labute approximate surface area is 154 Å². The molecule has 1 N–H and O–H groups in total. The van der Waals surface area contributed by atoms with Crippen molar-refractivity contribution in [2.24, 2.45) is 0 Å². The summed E-state index contributed by atoms with van der Waals surface area (Å²) in [7, 11) is 2.13. The minimum Gasteiger partial charge on any atom is -0.481 e. The van der Waals surface area contributed by atoms with E-state index >= 15 is 0 Å². The van der Waals surface area contributed by atoms with Crippen molar-refractivity contribution in [1.29, 1.82) is 0 Å². The summed E-state index contributed by atoms with van der Waals surface area (Å²) < 4.78 is 5.71. The largest absolute Gasteiger partial charge is 0.481 e. The third-order valence-electron chi connectivity index (χ3n) is 4.51. The number of carbonyl (C=O) groups is 1. The Morgan fingerprint density at radius 1 is 1.19 bits per heavy atom. The molecule has 2 aromatic rings. The zero-order valence-corrected chi connectivity index (χ0v) is 15.6. The highest BCUT2D eigenvalue weighted by Gasteiger charge is 2.17. The maximum absolute atomic E-state index is 12.3. The first-order valence-corrected chi connectivity index (χ1v) is 8.95. The second-order valence-electron chi connectivity index (χ2n) is 6.76. The number of nitrogens with one attached hydrogen (secondary N) is 1. The van der Waals surface area contributed by atoms with Crippen LogP contribution in [0.1, 0.15) is 12.5 Å². The third kappa shape index (κ3) is 4.73. The molecule has 0 saturated carbocycles. The minimum atomic E-state index is -0.589. The monoisotopic (exact) mass is 354 g/mol. The SMILES string of the molecule is Cc1cccc(OC(C)C(=O)Nc2ccc(N3CCN(C)CC3)nc2)c1. The molecule has 1 unspecified atom stereocenters. The lowest BCUT2D eigenvalue weighted by Gasteiger charge is -2.33. The van der Waals surface area contributed by atoms with E-state index < -0.39 is 6.10 Å². The molecule has 26 heavy (non-hydrogen) atoms. The lowest BCUT2D eigenvalue weighted by Crippen LogP contribution is -2.44. The number of hydrogen-bond acceptors (Lipinski definition) is 5. The molecule has 1 aliphatic rings. The van der Waals surface area contributed by atoms with E-state index in [0.29, 0.717) is 11.4 Å². The summed E-state index contributed by atoms with van der Waals surface area (Å²) in [5.74, 6) is 1.44. The number of rotatable bonds is 5. The second-order valence-corrected chi connectivity index (χ2v) is 6.76. The number of benzene rings is 1. The summed E-state index contributed by atoms with van der Waals surface area (Å²) in [6.45, 7) is 7.74. The predicted octanol–water partition coefficient (Wildman–Crippen LogP) is 2.55. The van der Waals surface area contributed by atoms with Crippen molar-refractivity contribution in [2.75, 3.05) is 43.4 Å². The maximum atomic E-state index is 12.3. The lowest BCUT2D eigenvalue weighted by molar-refractivity contribution is -0.122. The number of hydrogen-bond donors (Lipinski definition) is 1. The number of nitrogens with zero attached hydrogens (tertiary/aromatic N) is 3. The molecule has 1 aromatic carbocycles. The van der Waals surface area contributed by atoms with Gasteiger partial charge in [-0.05, 0) is 50.7 Å². The molecule has 6 heteroatoms. The number of anilines is 2. The first-order valence-electron chi connectivity index (χ1n) is 8.95. The average molecular weight is 354 g/mol. The molecule has 0 radical (unpaired) electrons. The number of likely N-dealkylation sites (N-methyl/N-ethyl adjacent to an activating group) is 1. The van der Waals surface area contributed by atoms with Crippen LogP contribution in [0.4, 0.5) is 11.5 Å². The average Bonchev–Trinajstić information content (AvgIpc) is 2.63. The van der Waals surface area contributed by atoms with Crippen LogP contribution in [0, 0.1) is 6.92 Å². The molecule has 1 aromatic heterocycles. The van der Waals surface area contributed by atoms with E-state index in [-0.39, 0.29) is 5.91 Å². The molecular weight excluding hydrogens is 328 g/mol. The molecule has 6 nitrogen and oxygen atoms in total. The van der Waals surface area contributed by atoms with E-state index in [1.54, 1.807) is 13.1 Å². The Morgan fingerprint density at radius 2 is 1.96 bits per heavy atom. The standard InChI is InChI=1S/C20H26N4O2/c1-15-5-4-6-18(13-15)26-16(2)20(25)22-17-7-8-19(21-14-17)24-11-9-23(3)10-12-24/h4-8,13-14,16H,9-12H2,1-3H3,(H,22,25). The highest BCUT2D eigenvalue weighted by atomic mass is 16.5. The van der Waals surface area contributed by atoms with E-state index in [2.05, 4.69) is 27.1 Å². The third-order valence-corrected chi connectivity index (χ3v) is 4.51. The van der Waals surface area contributed by atoms with Crippen LogP contribution in [0.3, 0.4) is 0 Å². The number of pyridine rings is 1. The Balaban J connectivity index is 1.55. The lowest BCUT2D eigenvalue weighted by atomic mass is 10.2. The summed E-state index contributed by atoms with van der Waals surface area (Å²) >= 11 is 0. The van der Waals surface area contributed by atoms with Gasteiger partial charge in [-0.15, -0.1) is 0 Å². The van der Waals surface area contributed by atoms with Gasteiger partial charge in [0.25, 0.3) is 5.91 Å². The highest BCUT2D eigenvalue weighted by Crippen LogP contribution is 2.17. The van der Waals surface area contributed by atoms with Crippen molar-refractivity contribution < 1.29 is 9.53 Å². The van der Waals surface area contributed by atoms with Gasteiger partial charge >= 0.3 is 0 Å². The fourth-order valence-electron chi connectivity index (χ4n) is 2.87. The fraction of sp³-hybridized carbons (Fsp3) is 0.400. The van der Waals surface area contributed by atoms with Gasteiger partial charge in [0.2, 0.25) is 0 Å². The summed E-state index contributed by atoms with van der Waals surface area (Å²) in [4.78, 5) is 21.4. The van der Waals surface area contributed by atoms with Crippen molar-refractivity contribution in [1.82, 2.24) is 9.88 Å². The van der Waals surface area contributed by atoms with Crippen LogP contribution in [-0.2, 0) is 4.79 Å². The van der Waals surface area contributed by atoms with E-state index in [0.717, 1.165) is 37.6 Å². The van der Waals surface area contributed by atoms with Gasteiger partial charge in [-0.2, -0.15) is 0 Å². The number of aryl methyl sites for hydroxylation is 1. The van der Waals surface area contributed by atoms with Gasteiger partial charge in [0.05, 0.1) is 11.9 Å². The van der Waals surface area contributed by atoms with Crippen LogP contribution >= 0.6 is 0 Å². The summed E-state index contributed by atoms with van der Waals surface area (Å²) in [6, 6.07) is 11.5. The van der Waals surface area contributed by atoms with Gasteiger partial charge in [0.15, 0.2) is 6.10 Å². The minimum absolute atomic E-state index is 0.194. The smallest absolute Gasteiger partial charge is 0.265 e. The summed E-state index contributed by atoms with van der Waals surface area (Å²) in [5, 5.41) is 2.86. The van der Waals surface area contributed by atoms with Gasteiger partial charge in [0, 0.05) is 26.2 Å². The van der Waals surface area contributed by atoms with Gasteiger partial charge in [-0.1, -0.05) is 12.1 Å². The van der Waals surface area contributed by atoms with Crippen LogP contribution in [0.15, 0.2) is 42.6 Å². The van der Waals surface area contributed by atoms with Crippen LogP contribution in [0.5, 0.6) is 5.75 Å². The zero-order valence-electron chi connectivity index (χ0n) is 15.6. The Morgan fingerprint density at radius 3 is 2.62 bits per heavy atom. The fourth-order valence-corrected chi connectivity index (χ4v) is 2.87. The molecule has 0 bridgehead atoms. The van der Waals surface area contributed by atoms with Crippen molar-refractivity contribution in [3.63, 3.8) is 0 Å². The molecule has 3 rings (SSSR count). The second kappa shape index (κ2) is 8.19. The first kappa shape index (κ1) is 18.2. The van der Waals surface area contributed by atoms with E-state index in [1.807, 2.05) is 43.3 Å². The normalized spacial score (nSPS) is 16.2. The Bertz CT molecular complexity index is 740. The molecular formula is C20H26N4O2. The van der Waals surface area contributed by atoms with Crippen molar-refractivity contribution in [2.45, 2.75) is 20.0 Å². The van der Waals surface area contributed by atoms with Gasteiger partial charge in [-0.3, -0.25) is 4.79 Å². The van der Waals surface area contributed by atoms with Crippen molar-refractivity contribution in [3.05, 3.63) is 48.2 Å². The van der Waals surface area contributed by atoms with Crippen molar-refractivity contribution in [3.8, 4) is 5.75 Å². The highest BCUT2D eigenvalue weighted by molar-refractivity contribution is 5.94. The number of ether oxygens (including phenoxy) is 1. The Kier molecular flexibility index (Phi) is 5.73. The molecule has 1 aliphatic heterocycles. The van der Waals surface area contributed by atoms with Gasteiger partial charge in [0.1, 0.15) is 11.6 Å².